The van der Waals surface area contributed by atoms with Crippen molar-refractivity contribution >= 4 is 6.34 Å². The molecule has 1 N–H and O–H groups in total. The van der Waals surface area contributed by atoms with Crippen LogP contribution in [-0.2, 0) is 4.74 Å². The van der Waals surface area contributed by atoms with Gasteiger partial charge in [-0.3, -0.25) is 5.01 Å². The van der Waals surface area contributed by atoms with Crippen molar-refractivity contribution in [1.82, 2.24) is 15.3 Å². The van der Waals surface area contributed by atoms with E-state index in [1.54, 1.807) is 13.3 Å². The zero-order valence-electron chi connectivity index (χ0n) is 9.59. The predicted octanol–water partition coefficient (Wildman–Crippen LogP) is 0.0268. The van der Waals surface area contributed by atoms with Gasteiger partial charge >= 0.3 is 0 Å². The summed E-state index contributed by atoms with van der Waals surface area (Å²) in [6, 6.07) is 0.672. The van der Waals surface area contributed by atoms with Crippen LogP contribution in [0.25, 0.3) is 0 Å². The Balaban J connectivity index is 1.63. The van der Waals surface area contributed by atoms with Crippen LogP contribution in [0.4, 0.5) is 0 Å². The number of methoxy groups -OCH3 is 1. The Morgan fingerprint density at radius 2 is 2.44 bits per heavy atom. The summed E-state index contributed by atoms with van der Waals surface area (Å²) < 4.78 is 5.24. The van der Waals surface area contributed by atoms with Crippen LogP contribution in [0.15, 0.2) is 17.0 Å². The maximum Gasteiger partial charge on any atom is 0.135 e. The van der Waals surface area contributed by atoms with Gasteiger partial charge in [0.25, 0.3) is 0 Å². The van der Waals surface area contributed by atoms with E-state index in [1.807, 2.05) is 6.34 Å². The SMILES string of the molecule is COC1=CN=CN(N2C[C@@H]3CCN[C@@H]3C2)C1. The number of ether oxygens (including phenoxy) is 1. The molecular formula is C11H18N4O. The van der Waals surface area contributed by atoms with Crippen molar-refractivity contribution in [2.75, 3.05) is 33.3 Å². The van der Waals surface area contributed by atoms with Crippen LogP contribution < -0.4 is 5.32 Å². The molecule has 0 aromatic rings. The van der Waals surface area contributed by atoms with Crippen LogP contribution >= 0.6 is 0 Å². The van der Waals surface area contributed by atoms with Crippen LogP contribution in [-0.4, -0.2) is 55.7 Å². The first kappa shape index (κ1) is 10.1. The van der Waals surface area contributed by atoms with E-state index in [2.05, 4.69) is 20.3 Å². The highest BCUT2D eigenvalue weighted by Crippen LogP contribution is 2.26. The van der Waals surface area contributed by atoms with Gasteiger partial charge < -0.3 is 10.1 Å². The number of hydrogen-bond donors (Lipinski definition) is 1. The van der Waals surface area contributed by atoms with E-state index in [1.165, 1.54) is 13.0 Å². The Kier molecular flexibility index (Phi) is 2.57. The van der Waals surface area contributed by atoms with Crippen molar-refractivity contribution in [2.45, 2.75) is 12.5 Å². The van der Waals surface area contributed by atoms with Crippen LogP contribution in [0.3, 0.4) is 0 Å². The Morgan fingerprint density at radius 1 is 1.50 bits per heavy atom. The van der Waals surface area contributed by atoms with Gasteiger partial charge in [0.1, 0.15) is 12.1 Å². The first-order valence-electron chi connectivity index (χ1n) is 5.88. The summed E-state index contributed by atoms with van der Waals surface area (Å²) in [7, 11) is 1.70. The fourth-order valence-corrected chi connectivity index (χ4v) is 2.76. The number of hydrazine groups is 1. The van der Waals surface area contributed by atoms with Gasteiger partial charge in [-0.05, 0) is 18.9 Å². The molecular weight excluding hydrogens is 204 g/mol. The Labute approximate surface area is 95.7 Å². The van der Waals surface area contributed by atoms with Crippen LogP contribution in [0, 0.1) is 5.92 Å². The predicted molar refractivity (Wildman–Crippen MR) is 61.8 cm³/mol. The maximum atomic E-state index is 5.24. The second-order valence-electron chi connectivity index (χ2n) is 4.64. The molecule has 16 heavy (non-hydrogen) atoms. The van der Waals surface area contributed by atoms with Gasteiger partial charge in [-0.2, -0.15) is 0 Å². The highest BCUT2D eigenvalue weighted by atomic mass is 16.5. The molecule has 88 valence electrons. The number of nitrogens with one attached hydrogen (secondary N) is 1. The largest absolute Gasteiger partial charge is 0.498 e. The molecule has 2 fully saturated rings. The number of hydrogen-bond acceptors (Lipinski definition) is 5. The molecule has 0 amide bonds. The number of rotatable bonds is 2. The molecule has 5 nitrogen and oxygen atoms in total. The van der Waals surface area contributed by atoms with Gasteiger partial charge in [-0.15, -0.1) is 0 Å². The molecule has 0 bridgehead atoms. The quantitative estimate of drug-likeness (QED) is 0.715. The third kappa shape index (κ3) is 1.70. The first-order valence-corrected chi connectivity index (χ1v) is 5.88. The average Bonchev–Trinajstić information content (AvgIpc) is 2.89. The number of nitrogens with zero attached hydrogens (tertiary/aromatic N) is 3. The van der Waals surface area contributed by atoms with Gasteiger partial charge in [0.05, 0.1) is 19.9 Å². The fourth-order valence-electron chi connectivity index (χ4n) is 2.76. The lowest BCUT2D eigenvalue weighted by Gasteiger charge is -2.32. The number of fused-ring (bicyclic) bond motifs is 1. The molecule has 0 spiro atoms. The summed E-state index contributed by atoms with van der Waals surface area (Å²) in [6.07, 6.45) is 4.98. The molecule has 2 atom stereocenters. The lowest BCUT2D eigenvalue weighted by molar-refractivity contribution is 0.0631. The van der Waals surface area contributed by atoms with E-state index in [4.69, 9.17) is 4.74 Å². The number of aliphatic imine (C=N–C) groups is 1. The third-order valence-corrected chi connectivity index (χ3v) is 3.71. The molecule has 3 rings (SSSR count). The van der Waals surface area contributed by atoms with Gasteiger partial charge in [0, 0.05) is 19.1 Å². The minimum absolute atomic E-state index is 0.672. The van der Waals surface area contributed by atoms with Crippen LogP contribution in [0.1, 0.15) is 6.42 Å². The van der Waals surface area contributed by atoms with E-state index >= 15 is 0 Å². The van der Waals surface area contributed by atoms with Crippen molar-refractivity contribution < 1.29 is 4.74 Å². The van der Waals surface area contributed by atoms with Crippen molar-refractivity contribution in [1.29, 1.82) is 0 Å². The first-order chi connectivity index (χ1) is 7.86. The lowest BCUT2D eigenvalue weighted by Crippen LogP contribution is -2.44. The van der Waals surface area contributed by atoms with Crippen molar-refractivity contribution in [3.05, 3.63) is 12.0 Å². The molecule has 0 aromatic carbocycles. The van der Waals surface area contributed by atoms with Crippen molar-refractivity contribution in [3.8, 4) is 0 Å². The lowest BCUT2D eigenvalue weighted by atomic mass is 10.1. The van der Waals surface area contributed by atoms with E-state index in [-0.39, 0.29) is 0 Å². The molecule has 0 radical (unpaired) electrons. The second-order valence-corrected chi connectivity index (χ2v) is 4.64. The molecule has 0 unspecified atom stereocenters. The Bertz CT molecular complexity index is 316. The Morgan fingerprint density at radius 3 is 3.25 bits per heavy atom. The molecule has 0 aliphatic carbocycles. The smallest absolute Gasteiger partial charge is 0.135 e. The summed E-state index contributed by atoms with van der Waals surface area (Å²) in [5.74, 6) is 1.73. The molecule has 3 aliphatic heterocycles. The van der Waals surface area contributed by atoms with Crippen LogP contribution in [0.2, 0.25) is 0 Å². The topological polar surface area (TPSA) is 40.1 Å². The van der Waals surface area contributed by atoms with Gasteiger partial charge in [0.2, 0.25) is 0 Å². The standard InChI is InChI=1S/C11H18N4O/c1-16-10-4-12-8-15(6-10)14-5-9-2-3-13-11(9)7-14/h4,8-9,11,13H,2-3,5-7H2,1H3/t9-,11+/m0/s1. The molecule has 3 aliphatic rings. The molecule has 0 aromatic heterocycles. The van der Waals surface area contributed by atoms with Gasteiger partial charge in [-0.1, -0.05) is 0 Å². The second kappa shape index (κ2) is 4.07. The highest BCUT2D eigenvalue weighted by Gasteiger charge is 2.38. The van der Waals surface area contributed by atoms with Gasteiger partial charge in [0.15, 0.2) is 0 Å². The Hall–Kier alpha value is -1.07. The van der Waals surface area contributed by atoms with Crippen molar-refractivity contribution in [2.24, 2.45) is 10.9 Å². The summed E-state index contributed by atoms with van der Waals surface area (Å²) in [5.41, 5.74) is 0. The average molecular weight is 222 g/mol. The molecule has 0 saturated carbocycles. The molecule has 2 saturated heterocycles. The summed E-state index contributed by atoms with van der Waals surface area (Å²) in [5, 5.41) is 8.09. The molecule has 5 heteroatoms. The summed E-state index contributed by atoms with van der Waals surface area (Å²) >= 11 is 0. The zero-order chi connectivity index (χ0) is 11.0. The minimum atomic E-state index is 0.672. The molecule has 3 heterocycles. The minimum Gasteiger partial charge on any atom is -0.498 e. The van der Waals surface area contributed by atoms with E-state index in [0.717, 1.165) is 31.3 Å². The summed E-state index contributed by atoms with van der Waals surface area (Å²) in [6.45, 7) is 4.22. The van der Waals surface area contributed by atoms with E-state index in [9.17, 15) is 0 Å². The van der Waals surface area contributed by atoms with E-state index in [0.29, 0.717) is 6.04 Å². The zero-order valence-corrected chi connectivity index (χ0v) is 9.59. The maximum absolute atomic E-state index is 5.24. The van der Waals surface area contributed by atoms with Crippen molar-refractivity contribution in [3.63, 3.8) is 0 Å². The van der Waals surface area contributed by atoms with Crippen LogP contribution in [0.5, 0.6) is 0 Å². The van der Waals surface area contributed by atoms with E-state index < -0.39 is 0 Å². The highest BCUT2D eigenvalue weighted by molar-refractivity contribution is 5.57. The summed E-state index contributed by atoms with van der Waals surface area (Å²) in [4.78, 5) is 4.20. The normalized spacial score (nSPS) is 34.1. The monoisotopic (exact) mass is 222 g/mol. The van der Waals surface area contributed by atoms with Gasteiger partial charge in [-0.25, -0.2) is 10.0 Å². The fraction of sp³-hybridized carbons (Fsp3) is 0.727. The third-order valence-electron chi connectivity index (χ3n) is 3.71.